The lowest BCUT2D eigenvalue weighted by Crippen LogP contribution is -2.35. The second-order valence-corrected chi connectivity index (χ2v) is 4.79. The van der Waals surface area contributed by atoms with Gasteiger partial charge in [0.2, 0.25) is 0 Å². The van der Waals surface area contributed by atoms with Crippen LogP contribution in [0.4, 0.5) is 0 Å². The summed E-state index contributed by atoms with van der Waals surface area (Å²) in [5.41, 5.74) is 0.352. The number of benzene rings is 1. The molecule has 2 aromatic rings. The first-order chi connectivity index (χ1) is 11.6. The number of aliphatic carboxylic acids is 1. The number of furan rings is 1. The zero-order valence-electron chi connectivity index (χ0n) is 12.7. The van der Waals surface area contributed by atoms with Gasteiger partial charge in [0.05, 0.1) is 12.7 Å². The summed E-state index contributed by atoms with van der Waals surface area (Å²) in [4.78, 5) is 34.9. The van der Waals surface area contributed by atoms with Crippen LogP contribution in [0.25, 0.3) is 6.08 Å². The average Bonchev–Trinajstić information content (AvgIpc) is 3.07. The Balaban J connectivity index is 2.12. The second kappa shape index (κ2) is 8.33. The van der Waals surface area contributed by atoms with Crippen molar-refractivity contribution >= 4 is 23.9 Å². The lowest BCUT2D eigenvalue weighted by molar-refractivity contribution is -0.136. The van der Waals surface area contributed by atoms with Gasteiger partial charge in [0.25, 0.3) is 11.8 Å². The van der Waals surface area contributed by atoms with Gasteiger partial charge in [-0.05, 0) is 24.3 Å². The summed E-state index contributed by atoms with van der Waals surface area (Å²) >= 11 is 0. The lowest BCUT2D eigenvalue weighted by Gasteiger charge is -2.10. The molecule has 0 spiro atoms. The molecule has 0 fully saturated rings. The molecule has 7 nitrogen and oxygen atoms in total. The number of hydrogen-bond donors (Lipinski definition) is 3. The van der Waals surface area contributed by atoms with Crippen LogP contribution in [-0.4, -0.2) is 29.4 Å². The molecule has 0 atom stereocenters. The topological polar surface area (TPSA) is 109 Å². The summed E-state index contributed by atoms with van der Waals surface area (Å²) in [5, 5.41) is 13.6. The third kappa shape index (κ3) is 5.13. The second-order valence-electron chi connectivity index (χ2n) is 4.79. The molecule has 0 saturated heterocycles. The van der Waals surface area contributed by atoms with Crippen LogP contribution >= 0.6 is 0 Å². The number of nitrogens with one attached hydrogen (secondary N) is 2. The highest BCUT2D eigenvalue weighted by Crippen LogP contribution is 2.07. The van der Waals surface area contributed by atoms with E-state index < -0.39 is 17.8 Å². The van der Waals surface area contributed by atoms with Gasteiger partial charge in [0.15, 0.2) is 0 Å². The highest BCUT2D eigenvalue weighted by Gasteiger charge is 2.15. The number of amides is 2. The van der Waals surface area contributed by atoms with Crippen molar-refractivity contribution in [2.24, 2.45) is 0 Å². The van der Waals surface area contributed by atoms with Gasteiger partial charge in [-0.15, -0.1) is 0 Å². The standard InChI is InChI=1S/C17H16N2O5/c20-15(21)8-9-18-17(23)14(11-13-7-4-10-24-13)19-16(22)12-5-2-1-3-6-12/h1-7,10-11H,8-9H2,(H,18,23)(H,19,22)(H,20,21)/b14-11+. The molecule has 24 heavy (non-hydrogen) atoms. The average molecular weight is 328 g/mol. The molecule has 1 heterocycles. The number of rotatable bonds is 7. The molecule has 0 radical (unpaired) electrons. The molecular formula is C17H16N2O5. The Morgan fingerprint density at radius 1 is 1.08 bits per heavy atom. The van der Waals surface area contributed by atoms with Gasteiger partial charge >= 0.3 is 5.97 Å². The van der Waals surface area contributed by atoms with Gasteiger partial charge < -0.3 is 20.2 Å². The molecule has 3 N–H and O–H groups in total. The minimum Gasteiger partial charge on any atom is -0.481 e. The zero-order chi connectivity index (χ0) is 17.4. The van der Waals surface area contributed by atoms with Gasteiger partial charge in [-0.1, -0.05) is 18.2 Å². The third-order valence-electron chi connectivity index (χ3n) is 2.98. The Hall–Kier alpha value is -3.35. The Labute approximate surface area is 138 Å². The van der Waals surface area contributed by atoms with E-state index in [9.17, 15) is 14.4 Å². The third-order valence-corrected chi connectivity index (χ3v) is 2.98. The van der Waals surface area contributed by atoms with E-state index in [1.54, 1.807) is 42.5 Å². The summed E-state index contributed by atoms with van der Waals surface area (Å²) in [6.45, 7) is -0.0507. The van der Waals surface area contributed by atoms with Crippen molar-refractivity contribution < 1.29 is 23.9 Å². The van der Waals surface area contributed by atoms with Crippen molar-refractivity contribution in [1.82, 2.24) is 10.6 Å². The molecule has 0 bridgehead atoms. The maximum atomic E-state index is 12.2. The van der Waals surface area contributed by atoms with E-state index in [1.807, 2.05) is 0 Å². The quantitative estimate of drug-likeness (QED) is 0.670. The maximum Gasteiger partial charge on any atom is 0.305 e. The van der Waals surface area contributed by atoms with Gasteiger partial charge in [-0.2, -0.15) is 0 Å². The minimum atomic E-state index is -1.03. The highest BCUT2D eigenvalue weighted by molar-refractivity contribution is 6.05. The van der Waals surface area contributed by atoms with Crippen LogP contribution in [0.1, 0.15) is 22.5 Å². The molecule has 0 aliphatic heterocycles. The van der Waals surface area contributed by atoms with E-state index in [1.165, 1.54) is 12.3 Å². The molecule has 124 valence electrons. The van der Waals surface area contributed by atoms with Crippen LogP contribution in [0.5, 0.6) is 0 Å². The van der Waals surface area contributed by atoms with Crippen LogP contribution in [0, 0.1) is 0 Å². The number of carbonyl (C=O) groups is 3. The summed E-state index contributed by atoms with van der Waals surface area (Å²) < 4.78 is 5.14. The van der Waals surface area contributed by atoms with Crippen LogP contribution in [0.15, 0.2) is 58.8 Å². The summed E-state index contributed by atoms with van der Waals surface area (Å²) in [5.74, 6) is -1.70. The van der Waals surface area contributed by atoms with Crippen molar-refractivity contribution in [2.45, 2.75) is 6.42 Å². The van der Waals surface area contributed by atoms with E-state index in [-0.39, 0.29) is 18.7 Å². The fourth-order valence-corrected chi connectivity index (χ4v) is 1.84. The molecular weight excluding hydrogens is 312 g/mol. The van der Waals surface area contributed by atoms with Crippen molar-refractivity contribution in [3.63, 3.8) is 0 Å². The van der Waals surface area contributed by atoms with E-state index in [0.29, 0.717) is 11.3 Å². The number of carboxylic acid groups (broad SMARTS) is 1. The number of carbonyl (C=O) groups excluding carboxylic acids is 2. The monoisotopic (exact) mass is 328 g/mol. The number of carboxylic acids is 1. The maximum absolute atomic E-state index is 12.2. The smallest absolute Gasteiger partial charge is 0.305 e. The molecule has 0 saturated carbocycles. The Morgan fingerprint density at radius 3 is 2.46 bits per heavy atom. The van der Waals surface area contributed by atoms with Crippen molar-refractivity contribution in [3.05, 3.63) is 65.7 Å². The van der Waals surface area contributed by atoms with Gasteiger partial charge in [0, 0.05) is 18.2 Å². The van der Waals surface area contributed by atoms with Crippen LogP contribution in [0.3, 0.4) is 0 Å². The molecule has 2 rings (SSSR count). The first kappa shape index (κ1) is 17.0. The van der Waals surface area contributed by atoms with Crippen LogP contribution in [0.2, 0.25) is 0 Å². The largest absolute Gasteiger partial charge is 0.481 e. The fraction of sp³-hybridized carbons (Fsp3) is 0.118. The minimum absolute atomic E-state index is 0.0378. The molecule has 0 aliphatic rings. The Bertz CT molecular complexity index is 736. The van der Waals surface area contributed by atoms with Crippen LogP contribution in [-0.2, 0) is 9.59 Å². The predicted octanol–water partition coefficient (Wildman–Crippen LogP) is 1.64. The van der Waals surface area contributed by atoms with Gasteiger partial charge in [-0.3, -0.25) is 14.4 Å². The van der Waals surface area contributed by atoms with Gasteiger partial charge in [-0.25, -0.2) is 0 Å². The highest BCUT2D eigenvalue weighted by atomic mass is 16.4. The summed E-state index contributed by atoms with van der Waals surface area (Å²) in [7, 11) is 0. The molecule has 0 aliphatic carbocycles. The predicted molar refractivity (Wildman–Crippen MR) is 85.9 cm³/mol. The van der Waals surface area contributed by atoms with Gasteiger partial charge in [0.1, 0.15) is 11.5 Å². The summed E-state index contributed by atoms with van der Waals surface area (Å²) in [6, 6.07) is 11.7. The lowest BCUT2D eigenvalue weighted by atomic mass is 10.2. The number of hydrogen-bond acceptors (Lipinski definition) is 4. The van der Waals surface area contributed by atoms with Crippen molar-refractivity contribution in [1.29, 1.82) is 0 Å². The van der Waals surface area contributed by atoms with E-state index in [4.69, 9.17) is 9.52 Å². The van der Waals surface area contributed by atoms with E-state index in [2.05, 4.69) is 10.6 Å². The Kier molecular flexibility index (Phi) is 5.90. The first-order valence-electron chi connectivity index (χ1n) is 7.18. The van der Waals surface area contributed by atoms with Crippen molar-refractivity contribution in [2.75, 3.05) is 6.54 Å². The molecule has 1 aromatic carbocycles. The first-order valence-corrected chi connectivity index (χ1v) is 7.18. The van der Waals surface area contributed by atoms with Crippen molar-refractivity contribution in [3.8, 4) is 0 Å². The van der Waals surface area contributed by atoms with E-state index >= 15 is 0 Å². The van der Waals surface area contributed by atoms with Crippen LogP contribution < -0.4 is 10.6 Å². The molecule has 7 heteroatoms. The van der Waals surface area contributed by atoms with E-state index in [0.717, 1.165) is 0 Å². The zero-order valence-corrected chi connectivity index (χ0v) is 12.7. The fourth-order valence-electron chi connectivity index (χ4n) is 1.84. The SMILES string of the molecule is O=C(O)CCNC(=O)/C(=C\c1ccco1)NC(=O)c1ccccc1. The molecule has 2 amide bonds. The molecule has 0 unspecified atom stereocenters. The normalized spacial score (nSPS) is 10.9. The summed E-state index contributed by atoms with van der Waals surface area (Å²) in [6.07, 6.45) is 2.59. The molecule has 1 aromatic heterocycles. The Morgan fingerprint density at radius 2 is 1.83 bits per heavy atom.